The van der Waals surface area contributed by atoms with Crippen molar-refractivity contribution in [1.82, 2.24) is 5.32 Å². The number of carbonyl (C=O) groups excluding carboxylic acids is 1. The molecule has 1 N–H and O–H groups in total. The molecule has 0 spiro atoms. The molecule has 2 aromatic rings. The van der Waals surface area contributed by atoms with Gasteiger partial charge in [0.15, 0.2) is 0 Å². The first-order valence-electron chi connectivity index (χ1n) is 6.40. The lowest BCUT2D eigenvalue weighted by Crippen LogP contribution is -2.34. The van der Waals surface area contributed by atoms with E-state index in [0.29, 0.717) is 5.92 Å². The summed E-state index contributed by atoms with van der Waals surface area (Å²) in [4.78, 5) is 11.4. The molecule has 0 heterocycles. The van der Waals surface area contributed by atoms with Gasteiger partial charge in [0, 0.05) is 6.92 Å². The molecule has 0 radical (unpaired) electrons. The molecule has 1 aliphatic rings. The Kier molecular flexibility index (Phi) is 2.40. The second-order valence-corrected chi connectivity index (χ2v) is 5.32. The van der Waals surface area contributed by atoms with Crippen LogP contribution in [0.5, 0.6) is 0 Å². The van der Waals surface area contributed by atoms with Crippen LogP contribution in [0.1, 0.15) is 25.8 Å². The molecule has 1 aliphatic carbocycles. The lowest BCUT2D eigenvalue weighted by Gasteiger charge is -2.19. The number of hydrogen-bond donors (Lipinski definition) is 1. The molecule has 2 heteroatoms. The van der Waals surface area contributed by atoms with Crippen molar-refractivity contribution in [3.05, 3.63) is 48.0 Å². The van der Waals surface area contributed by atoms with Crippen molar-refractivity contribution in [2.45, 2.75) is 25.8 Å². The molecule has 1 saturated carbocycles. The highest BCUT2D eigenvalue weighted by Gasteiger charge is 2.53. The zero-order valence-electron chi connectivity index (χ0n) is 10.7. The van der Waals surface area contributed by atoms with E-state index in [1.807, 2.05) is 12.1 Å². The highest BCUT2D eigenvalue weighted by molar-refractivity contribution is 5.84. The van der Waals surface area contributed by atoms with Crippen LogP contribution in [0, 0.1) is 5.92 Å². The quantitative estimate of drug-likeness (QED) is 0.856. The van der Waals surface area contributed by atoms with E-state index in [0.717, 1.165) is 6.42 Å². The van der Waals surface area contributed by atoms with E-state index in [2.05, 4.69) is 42.6 Å². The Morgan fingerprint density at radius 1 is 1.22 bits per heavy atom. The molecular weight excluding hydrogens is 222 g/mol. The third-order valence-corrected chi connectivity index (χ3v) is 3.97. The fourth-order valence-corrected chi connectivity index (χ4v) is 2.85. The summed E-state index contributed by atoms with van der Waals surface area (Å²) in [6.45, 7) is 3.78. The van der Waals surface area contributed by atoms with Crippen LogP contribution in [-0.4, -0.2) is 5.91 Å². The van der Waals surface area contributed by atoms with E-state index in [1.165, 1.54) is 16.3 Å². The summed E-state index contributed by atoms with van der Waals surface area (Å²) in [5.74, 6) is 0.565. The van der Waals surface area contributed by atoms with Crippen LogP contribution in [-0.2, 0) is 10.3 Å². The first-order valence-corrected chi connectivity index (χ1v) is 6.40. The van der Waals surface area contributed by atoms with Gasteiger partial charge in [-0.3, -0.25) is 4.79 Å². The van der Waals surface area contributed by atoms with Crippen molar-refractivity contribution >= 4 is 16.7 Å². The maximum atomic E-state index is 11.4. The van der Waals surface area contributed by atoms with Crippen molar-refractivity contribution in [1.29, 1.82) is 0 Å². The van der Waals surface area contributed by atoms with Gasteiger partial charge in [-0.1, -0.05) is 43.3 Å². The summed E-state index contributed by atoms with van der Waals surface area (Å²) in [5.41, 5.74) is 1.10. The van der Waals surface area contributed by atoms with Crippen molar-refractivity contribution in [3.63, 3.8) is 0 Å². The summed E-state index contributed by atoms with van der Waals surface area (Å²) in [5, 5.41) is 5.60. The number of nitrogens with one attached hydrogen (secondary N) is 1. The van der Waals surface area contributed by atoms with Gasteiger partial charge >= 0.3 is 0 Å². The van der Waals surface area contributed by atoms with Crippen LogP contribution < -0.4 is 5.32 Å². The van der Waals surface area contributed by atoms with Crippen LogP contribution >= 0.6 is 0 Å². The van der Waals surface area contributed by atoms with Gasteiger partial charge in [0.2, 0.25) is 5.91 Å². The van der Waals surface area contributed by atoms with Gasteiger partial charge in [-0.25, -0.2) is 0 Å². The molecule has 3 rings (SSSR count). The van der Waals surface area contributed by atoms with Gasteiger partial charge in [0.05, 0.1) is 5.54 Å². The first-order chi connectivity index (χ1) is 8.62. The molecule has 1 amide bonds. The Morgan fingerprint density at radius 2 is 1.89 bits per heavy atom. The summed E-state index contributed by atoms with van der Waals surface area (Å²) in [6.07, 6.45) is 1.03. The molecule has 0 bridgehead atoms. The number of fused-ring (bicyclic) bond motifs is 1. The molecule has 0 saturated heterocycles. The summed E-state index contributed by atoms with van der Waals surface area (Å²) in [7, 11) is 0. The zero-order valence-corrected chi connectivity index (χ0v) is 10.7. The van der Waals surface area contributed by atoms with Crippen molar-refractivity contribution < 1.29 is 4.79 Å². The van der Waals surface area contributed by atoms with Crippen LogP contribution in [0.3, 0.4) is 0 Å². The van der Waals surface area contributed by atoms with Gasteiger partial charge in [0.1, 0.15) is 0 Å². The van der Waals surface area contributed by atoms with Crippen molar-refractivity contribution in [2.24, 2.45) is 5.92 Å². The van der Waals surface area contributed by atoms with Crippen molar-refractivity contribution in [2.75, 3.05) is 0 Å². The van der Waals surface area contributed by atoms with Crippen LogP contribution in [0.2, 0.25) is 0 Å². The number of hydrogen-bond acceptors (Lipinski definition) is 1. The largest absolute Gasteiger partial charge is 0.347 e. The lowest BCUT2D eigenvalue weighted by molar-refractivity contribution is -0.120. The number of rotatable bonds is 2. The second kappa shape index (κ2) is 3.84. The minimum absolute atomic E-state index is 0.0486. The summed E-state index contributed by atoms with van der Waals surface area (Å²) >= 11 is 0. The Labute approximate surface area is 107 Å². The van der Waals surface area contributed by atoms with Crippen LogP contribution in [0.4, 0.5) is 0 Å². The number of carbonyl (C=O) groups is 1. The van der Waals surface area contributed by atoms with Gasteiger partial charge in [-0.2, -0.15) is 0 Å². The highest BCUT2D eigenvalue weighted by Crippen LogP contribution is 2.51. The molecule has 92 valence electrons. The zero-order chi connectivity index (χ0) is 12.8. The summed E-state index contributed by atoms with van der Waals surface area (Å²) in [6, 6.07) is 14.8. The Balaban J connectivity index is 2.06. The lowest BCUT2D eigenvalue weighted by atomic mass is 9.98. The van der Waals surface area contributed by atoms with Gasteiger partial charge in [-0.15, -0.1) is 0 Å². The van der Waals surface area contributed by atoms with E-state index in [9.17, 15) is 4.79 Å². The van der Waals surface area contributed by atoms with Gasteiger partial charge in [0.25, 0.3) is 0 Å². The fraction of sp³-hybridized carbons (Fsp3) is 0.312. The standard InChI is InChI=1S/C16H17NO/c1-11-10-16(11,17-12(2)18)15-8-7-13-5-3-4-6-14(13)9-15/h3-9,11H,10H2,1-2H3,(H,17,18). The third kappa shape index (κ3) is 1.69. The minimum atomic E-state index is -0.129. The summed E-state index contributed by atoms with van der Waals surface area (Å²) < 4.78 is 0. The average Bonchev–Trinajstić information content (AvgIpc) is 2.99. The molecule has 2 nitrogen and oxygen atoms in total. The van der Waals surface area contributed by atoms with E-state index >= 15 is 0 Å². The molecule has 2 unspecified atom stereocenters. The van der Waals surface area contributed by atoms with Crippen molar-refractivity contribution in [3.8, 4) is 0 Å². The first kappa shape index (κ1) is 11.3. The molecule has 2 atom stereocenters. The molecule has 1 fully saturated rings. The predicted octanol–water partition coefficient (Wildman–Crippen LogP) is 3.21. The maximum Gasteiger partial charge on any atom is 0.217 e. The van der Waals surface area contributed by atoms with Gasteiger partial charge in [-0.05, 0) is 34.7 Å². The van der Waals surface area contributed by atoms with E-state index in [4.69, 9.17) is 0 Å². The van der Waals surface area contributed by atoms with Gasteiger partial charge < -0.3 is 5.32 Å². The van der Waals surface area contributed by atoms with Crippen LogP contribution in [0.25, 0.3) is 10.8 Å². The topological polar surface area (TPSA) is 29.1 Å². The Hall–Kier alpha value is -1.83. The molecule has 18 heavy (non-hydrogen) atoms. The Morgan fingerprint density at radius 3 is 2.50 bits per heavy atom. The maximum absolute atomic E-state index is 11.4. The number of benzene rings is 2. The molecule has 0 aliphatic heterocycles. The third-order valence-electron chi connectivity index (χ3n) is 3.97. The minimum Gasteiger partial charge on any atom is -0.347 e. The second-order valence-electron chi connectivity index (χ2n) is 5.32. The molecule has 2 aromatic carbocycles. The van der Waals surface area contributed by atoms with Crippen LogP contribution in [0.15, 0.2) is 42.5 Å². The fourth-order valence-electron chi connectivity index (χ4n) is 2.85. The highest BCUT2D eigenvalue weighted by atomic mass is 16.1. The number of amides is 1. The smallest absolute Gasteiger partial charge is 0.217 e. The normalized spacial score (nSPS) is 26.0. The van der Waals surface area contributed by atoms with E-state index in [1.54, 1.807) is 6.92 Å². The SMILES string of the molecule is CC(=O)NC1(c2ccc3ccccc3c2)CC1C. The van der Waals surface area contributed by atoms with E-state index in [-0.39, 0.29) is 11.4 Å². The predicted molar refractivity (Wildman–Crippen MR) is 73.2 cm³/mol. The average molecular weight is 239 g/mol. The van der Waals surface area contributed by atoms with E-state index < -0.39 is 0 Å². The molecule has 0 aromatic heterocycles. The monoisotopic (exact) mass is 239 g/mol. The molecular formula is C16H17NO. The Bertz CT molecular complexity index is 619.